The topological polar surface area (TPSA) is 41.9 Å². The Morgan fingerprint density at radius 2 is 1.54 bits per heavy atom. The lowest BCUT2D eigenvalue weighted by Gasteiger charge is -2.15. The lowest BCUT2D eigenvalue weighted by molar-refractivity contribution is -0.114. The Morgan fingerprint density at radius 1 is 0.914 bits per heavy atom. The van der Waals surface area contributed by atoms with E-state index >= 15 is 0 Å². The van der Waals surface area contributed by atoms with Crippen molar-refractivity contribution in [3.63, 3.8) is 0 Å². The minimum atomic E-state index is -2.34. The molecule has 11 heteroatoms. The van der Waals surface area contributed by atoms with Gasteiger partial charge in [0.05, 0.1) is 11.3 Å². The second-order valence-electron chi connectivity index (χ2n) is 7.38. The van der Waals surface area contributed by atoms with Crippen molar-refractivity contribution < 1.29 is 31.5 Å². The second kappa shape index (κ2) is 9.67. The van der Waals surface area contributed by atoms with Crippen LogP contribution in [0.15, 0.2) is 53.1 Å². The third-order valence-corrected chi connectivity index (χ3v) is 5.49. The van der Waals surface area contributed by atoms with Gasteiger partial charge in [0, 0.05) is 15.6 Å². The molecular weight excluding hydrogens is 514 g/mol. The van der Waals surface area contributed by atoms with Gasteiger partial charge in [0.1, 0.15) is 18.0 Å². The van der Waals surface area contributed by atoms with Crippen LogP contribution >= 0.6 is 23.2 Å². The van der Waals surface area contributed by atoms with Gasteiger partial charge in [-0.15, -0.1) is 0 Å². The van der Waals surface area contributed by atoms with Crippen LogP contribution in [-0.4, -0.2) is 11.6 Å². The van der Waals surface area contributed by atoms with E-state index < -0.39 is 40.7 Å². The number of hydrazone groups is 1. The van der Waals surface area contributed by atoms with E-state index in [4.69, 9.17) is 27.9 Å². The Morgan fingerprint density at radius 3 is 2.20 bits per heavy atom. The van der Waals surface area contributed by atoms with Crippen LogP contribution in [0.25, 0.3) is 6.08 Å². The first kappa shape index (κ1) is 24.7. The van der Waals surface area contributed by atoms with Crippen molar-refractivity contribution >= 4 is 46.6 Å². The standard InChI is InChI=1S/C24H13Cl2F5N2O2/c1-11-16(24(34)33(32-11)23-21(30)19(28)18(27)20(29)22(23)31)9-13-8-15(26)5-6-17(13)35-10-12-3-2-4-14(25)7-12/h2-9H,10H2,1H3/b16-9-. The highest BCUT2D eigenvalue weighted by Crippen LogP contribution is 2.35. The molecule has 0 saturated heterocycles. The minimum Gasteiger partial charge on any atom is -0.488 e. The summed E-state index contributed by atoms with van der Waals surface area (Å²) in [6.07, 6.45) is 1.30. The average molecular weight is 527 g/mol. The Hall–Kier alpha value is -3.43. The number of benzene rings is 3. The molecule has 180 valence electrons. The van der Waals surface area contributed by atoms with E-state index in [1.807, 2.05) is 0 Å². The molecule has 0 aliphatic carbocycles. The number of nitrogens with zero attached hydrogens (tertiary/aromatic N) is 2. The molecule has 35 heavy (non-hydrogen) atoms. The van der Waals surface area contributed by atoms with Gasteiger partial charge in [-0.2, -0.15) is 10.1 Å². The smallest absolute Gasteiger partial charge is 0.280 e. The Bertz CT molecular complexity index is 1400. The zero-order valence-corrected chi connectivity index (χ0v) is 19.2. The number of rotatable bonds is 5. The SMILES string of the molecule is CC1=NN(c2c(F)c(F)c(F)c(F)c2F)C(=O)/C1=C\c1cc(Cl)ccc1OCc1cccc(Cl)c1. The van der Waals surface area contributed by atoms with E-state index in [1.165, 1.54) is 19.1 Å². The number of carbonyl (C=O) groups excluding carboxylic acids is 1. The normalized spacial score (nSPS) is 14.6. The number of ether oxygens (including phenoxy) is 1. The molecule has 0 unspecified atom stereocenters. The van der Waals surface area contributed by atoms with Crippen LogP contribution in [0.5, 0.6) is 5.75 Å². The quantitative estimate of drug-likeness (QED) is 0.154. The van der Waals surface area contributed by atoms with Crippen molar-refractivity contribution in [2.45, 2.75) is 13.5 Å². The van der Waals surface area contributed by atoms with E-state index in [0.29, 0.717) is 21.4 Å². The average Bonchev–Trinajstić information content (AvgIpc) is 3.09. The molecule has 3 aromatic carbocycles. The van der Waals surface area contributed by atoms with E-state index in [9.17, 15) is 26.7 Å². The van der Waals surface area contributed by atoms with E-state index in [1.54, 1.807) is 36.4 Å². The molecule has 0 bridgehead atoms. The summed E-state index contributed by atoms with van der Waals surface area (Å²) in [5.74, 6) is -11.9. The van der Waals surface area contributed by atoms with Crippen LogP contribution in [0.4, 0.5) is 27.6 Å². The Balaban J connectivity index is 1.70. The van der Waals surface area contributed by atoms with Gasteiger partial charge in [-0.05, 0) is 48.9 Å². The number of carbonyl (C=O) groups is 1. The first-order valence-electron chi connectivity index (χ1n) is 9.88. The third-order valence-electron chi connectivity index (χ3n) is 5.02. The molecule has 4 nitrogen and oxygen atoms in total. The first-order chi connectivity index (χ1) is 16.6. The summed E-state index contributed by atoms with van der Waals surface area (Å²) >= 11 is 12.1. The van der Waals surface area contributed by atoms with Crippen LogP contribution in [0.3, 0.4) is 0 Å². The summed E-state index contributed by atoms with van der Waals surface area (Å²) in [5, 5.41) is 4.66. The zero-order chi connectivity index (χ0) is 25.4. The van der Waals surface area contributed by atoms with Crippen molar-refractivity contribution in [1.82, 2.24) is 0 Å². The van der Waals surface area contributed by atoms with Gasteiger partial charge in [0.2, 0.25) is 5.82 Å². The maximum Gasteiger partial charge on any atom is 0.280 e. The van der Waals surface area contributed by atoms with E-state index in [2.05, 4.69) is 5.10 Å². The summed E-state index contributed by atoms with van der Waals surface area (Å²) < 4.78 is 75.1. The lowest BCUT2D eigenvalue weighted by atomic mass is 10.1. The molecule has 4 rings (SSSR count). The zero-order valence-electron chi connectivity index (χ0n) is 17.7. The van der Waals surface area contributed by atoms with Crippen LogP contribution in [0.2, 0.25) is 10.0 Å². The molecule has 1 aliphatic heterocycles. The van der Waals surface area contributed by atoms with Gasteiger partial charge in [0.15, 0.2) is 23.3 Å². The van der Waals surface area contributed by atoms with Gasteiger partial charge in [-0.3, -0.25) is 4.79 Å². The van der Waals surface area contributed by atoms with Gasteiger partial charge in [-0.25, -0.2) is 22.0 Å². The molecule has 0 aromatic heterocycles. The number of amides is 1. The predicted octanol–water partition coefficient (Wildman–Crippen LogP) is 7.07. The van der Waals surface area contributed by atoms with Crippen molar-refractivity contribution in [3.8, 4) is 5.75 Å². The molecule has 0 N–H and O–H groups in total. The molecule has 1 amide bonds. The van der Waals surface area contributed by atoms with Gasteiger partial charge < -0.3 is 4.74 Å². The van der Waals surface area contributed by atoms with Crippen molar-refractivity contribution in [1.29, 1.82) is 0 Å². The monoisotopic (exact) mass is 526 g/mol. The second-order valence-corrected chi connectivity index (χ2v) is 8.25. The Kier molecular flexibility index (Phi) is 6.82. The minimum absolute atomic E-state index is 0.0280. The van der Waals surface area contributed by atoms with Crippen LogP contribution in [-0.2, 0) is 11.4 Å². The van der Waals surface area contributed by atoms with Crippen molar-refractivity contribution in [2.24, 2.45) is 5.10 Å². The number of anilines is 1. The largest absolute Gasteiger partial charge is 0.488 e. The molecule has 1 heterocycles. The molecule has 3 aromatic rings. The number of halogens is 7. The van der Waals surface area contributed by atoms with E-state index in [0.717, 1.165) is 5.56 Å². The molecular formula is C24H13Cl2F5N2O2. The maximum atomic E-state index is 14.3. The molecule has 1 aliphatic rings. The molecule has 0 spiro atoms. The molecule has 0 atom stereocenters. The van der Waals surface area contributed by atoms with Crippen LogP contribution in [0.1, 0.15) is 18.1 Å². The predicted molar refractivity (Wildman–Crippen MR) is 122 cm³/mol. The molecule has 0 radical (unpaired) electrons. The van der Waals surface area contributed by atoms with Crippen LogP contribution in [0, 0.1) is 29.1 Å². The maximum absolute atomic E-state index is 14.3. The van der Waals surface area contributed by atoms with Gasteiger partial charge in [0.25, 0.3) is 5.91 Å². The highest BCUT2D eigenvalue weighted by atomic mass is 35.5. The number of hydrogen-bond acceptors (Lipinski definition) is 3. The van der Waals surface area contributed by atoms with E-state index in [-0.39, 0.29) is 22.9 Å². The van der Waals surface area contributed by atoms with Crippen molar-refractivity contribution in [3.05, 3.63) is 98.3 Å². The fourth-order valence-electron chi connectivity index (χ4n) is 3.32. The van der Waals surface area contributed by atoms with Crippen LogP contribution < -0.4 is 9.75 Å². The summed E-state index contributed by atoms with van der Waals surface area (Å²) in [7, 11) is 0. The third kappa shape index (κ3) is 4.74. The summed E-state index contributed by atoms with van der Waals surface area (Å²) in [4.78, 5) is 12.9. The molecule has 0 fully saturated rings. The summed E-state index contributed by atoms with van der Waals surface area (Å²) in [6, 6.07) is 11.5. The first-order valence-corrected chi connectivity index (χ1v) is 10.6. The summed E-state index contributed by atoms with van der Waals surface area (Å²) in [6.45, 7) is 1.46. The van der Waals surface area contributed by atoms with Crippen molar-refractivity contribution in [2.75, 3.05) is 5.01 Å². The van der Waals surface area contributed by atoms with Gasteiger partial charge >= 0.3 is 0 Å². The molecule has 0 saturated carbocycles. The fourth-order valence-corrected chi connectivity index (χ4v) is 3.72. The lowest BCUT2D eigenvalue weighted by Crippen LogP contribution is -2.25. The van der Waals surface area contributed by atoms with Gasteiger partial charge in [-0.1, -0.05) is 35.3 Å². The summed E-state index contributed by atoms with van der Waals surface area (Å²) in [5.41, 5.74) is -0.587. The number of hydrogen-bond donors (Lipinski definition) is 0. The highest BCUT2D eigenvalue weighted by Gasteiger charge is 2.37. The fraction of sp³-hybridized carbons (Fsp3) is 0.0833. The highest BCUT2D eigenvalue weighted by molar-refractivity contribution is 6.33. The Labute approximate surface area is 205 Å².